The highest BCUT2D eigenvalue weighted by Gasteiger charge is 2.24. The van der Waals surface area contributed by atoms with Gasteiger partial charge in [0.2, 0.25) is 0 Å². The Kier molecular flexibility index (Phi) is 6.54. The molecule has 4 rings (SSSR count). The molecule has 0 radical (unpaired) electrons. The molecule has 4 aromatic rings. The zero-order valence-corrected chi connectivity index (χ0v) is 18.0. The van der Waals surface area contributed by atoms with Gasteiger partial charge in [0.05, 0.1) is 19.4 Å². The highest BCUT2D eigenvalue weighted by molar-refractivity contribution is 6.05. The molecule has 0 aliphatic carbocycles. The lowest BCUT2D eigenvalue weighted by Crippen LogP contribution is -2.40. The van der Waals surface area contributed by atoms with Crippen LogP contribution in [-0.2, 0) is 17.9 Å². The average Bonchev–Trinajstić information content (AvgIpc) is 3.34. The maximum absolute atomic E-state index is 13.2. The molecule has 9 heteroatoms. The zero-order valence-electron chi connectivity index (χ0n) is 18.0. The van der Waals surface area contributed by atoms with Gasteiger partial charge in [-0.25, -0.2) is 9.18 Å². The first-order valence-corrected chi connectivity index (χ1v) is 10.4. The number of nitrogens with zero attached hydrogens (tertiary/aromatic N) is 2. The standard InChI is InChI=1S/C25H21FN4O4/c26-19-11-8-17(9-12-19)10-13-21(31)29(16-20-7-4-14-34-20)22-23(27)30(25(33)28-24(22)32)15-18-5-2-1-3-6-18/h1-14H,15-16,27H2,(H,28,32,33). The normalized spacial score (nSPS) is 11.1. The number of hydrogen-bond acceptors (Lipinski definition) is 5. The summed E-state index contributed by atoms with van der Waals surface area (Å²) < 4.78 is 19.7. The van der Waals surface area contributed by atoms with Crippen molar-refractivity contribution >= 4 is 23.5 Å². The number of carbonyl (C=O) groups is 1. The molecule has 3 N–H and O–H groups in total. The van der Waals surface area contributed by atoms with Crippen LogP contribution in [0, 0.1) is 5.82 Å². The van der Waals surface area contributed by atoms with Crippen molar-refractivity contribution in [2.45, 2.75) is 13.1 Å². The minimum absolute atomic E-state index is 0.101. The number of nitrogens with one attached hydrogen (secondary N) is 1. The van der Waals surface area contributed by atoms with Crippen molar-refractivity contribution in [1.29, 1.82) is 0 Å². The van der Waals surface area contributed by atoms with E-state index in [0.717, 1.165) is 10.5 Å². The van der Waals surface area contributed by atoms with Crippen LogP contribution in [0.15, 0.2) is 93.1 Å². The third-order valence-corrected chi connectivity index (χ3v) is 5.12. The van der Waals surface area contributed by atoms with E-state index in [9.17, 15) is 18.8 Å². The molecule has 0 bridgehead atoms. The number of carbonyl (C=O) groups excluding carboxylic acids is 1. The summed E-state index contributed by atoms with van der Waals surface area (Å²) in [5.74, 6) is -0.735. The molecule has 0 unspecified atom stereocenters. The van der Waals surface area contributed by atoms with Gasteiger partial charge in [-0.15, -0.1) is 0 Å². The van der Waals surface area contributed by atoms with E-state index >= 15 is 0 Å². The van der Waals surface area contributed by atoms with E-state index in [2.05, 4.69) is 4.98 Å². The van der Waals surface area contributed by atoms with E-state index in [1.54, 1.807) is 12.1 Å². The van der Waals surface area contributed by atoms with E-state index in [0.29, 0.717) is 11.3 Å². The Bertz CT molecular complexity index is 1420. The summed E-state index contributed by atoms with van der Waals surface area (Å²) in [6.45, 7) is -0.0000994. The van der Waals surface area contributed by atoms with Crippen molar-refractivity contribution < 1.29 is 13.6 Å². The SMILES string of the molecule is Nc1c(N(Cc2ccco2)C(=O)C=Cc2ccc(F)cc2)c(=O)[nH]c(=O)n1Cc1ccccc1. The largest absolute Gasteiger partial charge is 0.467 e. The quantitative estimate of drug-likeness (QED) is 0.411. The Morgan fingerprint density at radius 2 is 1.79 bits per heavy atom. The summed E-state index contributed by atoms with van der Waals surface area (Å²) >= 11 is 0. The molecule has 0 saturated heterocycles. The Labute approximate surface area is 193 Å². The number of rotatable bonds is 7. The van der Waals surface area contributed by atoms with Gasteiger partial charge in [0.25, 0.3) is 11.5 Å². The number of hydrogen-bond donors (Lipinski definition) is 2. The number of nitrogen functional groups attached to an aromatic ring is 1. The predicted octanol–water partition coefficient (Wildman–Crippen LogP) is 3.15. The molecular weight excluding hydrogens is 439 g/mol. The molecule has 0 spiro atoms. The van der Waals surface area contributed by atoms with Crippen LogP contribution >= 0.6 is 0 Å². The Morgan fingerprint density at radius 3 is 2.47 bits per heavy atom. The van der Waals surface area contributed by atoms with Gasteiger partial charge < -0.3 is 10.2 Å². The summed E-state index contributed by atoms with van der Waals surface area (Å²) in [5, 5.41) is 0. The second-order valence-electron chi connectivity index (χ2n) is 7.45. The van der Waals surface area contributed by atoms with Crippen molar-refractivity contribution in [3.8, 4) is 0 Å². The molecule has 2 aromatic heterocycles. The Hall–Kier alpha value is -4.66. The van der Waals surface area contributed by atoms with E-state index in [4.69, 9.17) is 10.2 Å². The summed E-state index contributed by atoms with van der Waals surface area (Å²) in [6, 6.07) is 18.0. The molecule has 2 heterocycles. The van der Waals surface area contributed by atoms with Crippen molar-refractivity contribution in [3.63, 3.8) is 0 Å². The molecule has 2 aromatic carbocycles. The number of aromatic nitrogens is 2. The lowest BCUT2D eigenvalue weighted by atomic mass is 10.2. The van der Waals surface area contributed by atoms with Crippen LogP contribution in [0.1, 0.15) is 16.9 Å². The third kappa shape index (κ3) is 5.04. The van der Waals surface area contributed by atoms with Gasteiger partial charge in [0, 0.05) is 6.08 Å². The van der Waals surface area contributed by atoms with Gasteiger partial charge in [-0.1, -0.05) is 42.5 Å². The van der Waals surface area contributed by atoms with Gasteiger partial charge in [-0.05, 0) is 41.5 Å². The fraction of sp³-hybridized carbons (Fsp3) is 0.0800. The van der Waals surface area contributed by atoms with E-state index < -0.39 is 23.0 Å². The van der Waals surface area contributed by atoms with E-state index in [1.165, 1.54) is 47.2 Å². The van der Waals surface area contributed by atoms with E-state index in [-0.39, 0.29) is 24.6 Å². The Morgan fingerprint density at radius 1 is 1.06 bits per heavy atom. The molecule has 34 heavy (non-hydrogen) atoms. The van der Waals surface area contributed by atoms with E-state index in [1.807, 2.05) is 30.3 Å². The van der Waals surface area contributed by atoms with Gasteiger partial charge >= 0.3 is 5.69 Å². The maximum Gasteiger partial charge on any atom is 0.330 e. The maximum atomic E-state index is 13.2. The molecule has 0 aliphatic heterocycles. The zero-order chi connectivity index (χ0) is 24.1. The van der Waals surface area contributed by atoms with Gasteiger partial charge in [0.1, 0.15) is 17.4 Å². The monoisotopic (exact) mass is 460 g/mol. The van der Waals surface area contributed by atoms with Crippen molar-refractivity contribution in [2.24, 2.45) is 0 Å². The van der Waals surface area contributed by atoms with Crippen molar-refractivity contribution in [1.82, 2.24) is 9.55 Å². The smallest absolute Gasteiger partial charge is 0.330 e. The van der Waals surface area contributed by atoms with Gasteiger partial charge in [-0.2, -0.15) is 0 Å². The summed E-state index contributed by atoms with van der Waals surface area (Å²) in [7, 11) is 0. The first kappa shape index (κ1) is 22.5. The van der Waals surface area contributed by atoms with Crippen LogP contribution in [0.5, 0.6) is 0 Å². The number of H-pyrrole nitrogens is 1. The number of amides is 1. The molecule has 0 saturated carbocycles. The molecule has 1 amide bonds. The molecular formula is C25H21FN4O4. The number of anilines is 2. The van der Waals surface area contributed by atoms with Gasteiger partial charge in [0.15, 0.2) is 5.69 Å². The summed E-state index contributed by atoms with van der Waals surface area (Å²) in [4.78, 5) is 41.9. The Balaban J connectivity index is 1.75. The van der Waals surface area contributed by atoms with Crippen molar-refractivity contribution in [3.05, 3.63) is 123 Å². The fourth-order valence-corrected chi connectivity index (χ4v) is 3.42. The molecule has 0 atom stereocenters. The summed E-state index contributed by atoms with van der Waals surface area (Å²) in [6.07, 6.45) is 4.17. The minimum atomic E-state index is -0.804. The fourth-order valence-electron chi connectivity index (χ4n) is 3.42. The second-order valence-corrected chi connectivity index (χ2v) is 7.45. The number of nitrogens with two attached hydrogens (primary N) is 1. The van der Waals surface area contributed by atoms with Crippen LogP contribution in [0.3, 0.4) is 0 Å². The van der Waals surface area contributed by atoms with Crippen molar-refractivity contribution in [2.75, 3.05) is 10.6 Å². The van der Waals surface area contributed by atoms with Crippen LogP contribution in [-0.4, -0.2) is 15.5 Å². The number of benzene rings is 2. The highest BCUT2D eigenvalue weighted by Crippen LogP contribution is 2.21. The molecule has 172 valence electrons. The molecule has 0 aliphatic rings. The lowest BCUT2D eigenvalue weighted by molar-refractivity contribution is -0.114. The van der Waals surface area contributed by atoms with Crippen LogP contribution in [0.2, 0.25) is 0 Å². The van der Waals surface area contributed by atoms with Crippen LogP contribution < -0.4 is 21.9 Å². The number of furan rings is 1. The van der Waals surface area contributed by atoms with Crippen LogP contribution in [0.25, 0.3) is 6.08 Å². The van der Waals surface area contributed by atoms with Gasteiger partial charge in [-0.3, -0.25) is 24.0 Å². The molecule has 0 fully saturated rings. The average molecular weight is 460 g/mol. The summed E-state index contributed by atoms with van der Waals surface area (Å²) in [5.41, 5.74) is 5.97. The lowest BCUT2D eigenvalue weighted by Gasteiger charge is -2.22. The third-order valence-electron chi connectivity index (χ3n) is 5.12. The topological polar surface area (TPSA) is 114 Å². The predicted molar refractivity (Wildman–Crippen MR) is 127 cm³/mol. The second kappa shape index (κ2) is 9.86. The van der Waals surface area contributed by atoms with Crippen LogP contribution in [0.4, 0.5) is 15.9 Å². The molecule has 8 nitrogen and oxygen atoms in total. The minimum Gasteiger partial charge on any atom is -0.467 e. The first-order chi connectivity index (χ1) is 16.4. The number of halogens is 1. The highest BCUT2D eigenvalue weighted by atomic mass is 19.1. The number of aromatic amines is 1. The first-order valence-electron chi connectivity index (χ1n) is 10.4.